The minimum Gasteiger partial charge on any atom is -0.285 e. The Bertz CT molecular complexity index is 392. The third-order valence-corrected chi connectivity index (χ3v) is 4.03. The van der Waals surface area contributed by atoms with E-state index in [1.807, 2.05) is 9.13 Å². The normalized spacial score (nSPS) is 14.2. The maximum Gasteiger partial charge on any atom is 0.190 e. The molecule has 0 aliphatic carbocycles. The first-order valence-corrected chi connectivity index (χ1v) is 5.54. The van der Waals surface area contributed by atoms with Crippen molar-refractivity contribution in [3.63, 3.8) is 0 Å². The first-order valence-electron chi connectivity index (χ1n) is 3.50. The van der Waals surface area contributed by atoms with Gasteiger partial charge in [0.1, 0.15) is 10.1 Å². The van der Waals surface area contributed by atoms with Gasteiger partial charge in [0.15, 0.2) is 4.77 Å². The molecule has 1 N–H and O–H groups in total. The molecule has 6 heteroatoms. The van der Waals surface area contributed by atoms with Gasteiger partial charge in [0.05, 0.1) is 0 Å². The number of hydrogen-bond donors (Lipinski definition) is 1. The molecule has 0 atom stereocenters. The predicted molar refractivity (Wildman–Crippen MR) is 60.9 cm³/mol. The van der Waals surface area contributed by atoms with Crippen LogP contribution in [0, 0.1) is 4.77 Å². The number of fused-ring (bicyclic) bond motifs is 1. The molecule has 0 unspecified atom stereocenters. The molecule has 2 heterocycles. The van der Waals surface area contributed by atoms with Crippen molar-refractivity contribution in [3.8, 4) is 0 Å². The van der Waals surface area contributed by atoms with Crippen LogP contribution in [0.1, 0.15) is 0 Å². The van der Waals surface area contributed by atoms with E-state index in [2.05, 4.69) is 17.3 Å². The van der Waals surface area contributed by atoms with Gasteiger partial charge < -0.3 is 0 Å². The minimum atomic E-state index is 0.705. The van der Waals surface area contributed by atoms with E-state index < -0.39 is 0 Å². The van der Waals surface area contributed by atoms with Crippen LogP contribution >= 0.6 is 36.1 Å². The van der Waals surface area contributed by atoms with Crippen LogP contribution in [0.3, 0.4) is 0 Å². The van der Waals surface area contributed by atoms with Crippen molar-refractivity contribution >= 4 is 48.5 Å². The predicted octanol–water partition coefficient (Wildman–Crippen LogP) is 2.84. The first kappa shape index (κ1) is 9.14. The Morgan fingerprint density at radius 2 is 1.62 bits per heavy atom. The maximum absolute atomic E-state index is 5.23. The fourth-order valence-electron chi connectivity index (χ4n) is 1.10. The van der Waals surface area contributed by atoms with Gasteiger partial charge in [-0.3, -0.25) is 9.13 Å². The SMILES string of the molecule is C=Cn1c2c(n(C=C)c1=S)SNS2. The van der Waals surface area contributed by atoms with Crippen molar-refractivity contribution < 1.29 is 0 Å². The molecule has 3 nitrogen and oxygen atoms in total. The highest BCUT2D eigenvalue weighted by Crippen LogP contribution is 2.38. The summed E-state index contributed by atoms with van der Waals surface area (Å²) in [7, 11) is 0. The van der Waals surface area contributed by atoms with Crippen LogP contribution in [-0.4, -0.2) is 9.13 Å². The van der Waals surface area contributed by atoms with E-state index in [4.69, 9.17) is 12.2 Å². The largest absolute Gasteiger partial charge is 0.285 e. The monoisotopic (exact) mass is 229 g/mol. The molecule has 0 aromatic carbocycles. The molecule has 68 valence electrons. The summed E-state index contributed by atoms with van der Waals surface area (Å²) in [4.78, 5) is 0. The number of nitrogens with zero attached hydrogens (tertiary/aromatic N) is 2. The lowest BCUT2D eigenvalue weighted by molar-refractivity contribution is 0.974. The molecule has 0 bridgehead atoms. The van der Waals surface area contributed by atoms with Crippen molar-refractivity contribution in [1.29, 1.82) is 0 Å². The molecule has 1 aliphatic rings. The molecule has 1 aliphatic heterocycles. The number of imidazole rings is 1. The summed E-state index contributed by atoms with van der Waals surface area (Å²) in [6, 6.07) is 0. The van der Waals surface area contributed by atoms with Crippen LogP contribution < -0.4 is 4.13 Å². The lowest BCUT2D eigenvalue weighted by Gasteiger charge is -1.97. The van der Waals surface area contributed by atoms with Crippen molar-refractivity contribution in [2.75, 3.05) is 0 Å². The third-order valence-electron chi connectivity index (χ3n) is 1.67. The molecule has 1 aromatic rings. The maximum atomic E-state index is 5.23. The number of hydrogen-bond acceptors (Lipinski definition) is 4. The lowest BCUT2D eigenvalue weighted by atomic mass is 10.8. The molecule has 1 aromatic heterocycles. The second-order valence-corrected chi connectivity index (χ2v) is 4.50. The molecule has 13 heavy (non-hydrogen) atoms. The van der Waals surface area contributed by atoms with Gasteiger partial charge in [0, 0.05) is 12.4 Å². The topological polar surface area (TPSA) is 21.9 Å². The van der Waals surface area contributed by atoms with Gasteiger partial charge in [0.2, 0.25) is 0 Å². The molecule has 2 rings (SSSR count). The molecule has 0 amide bonds. The number of rotatable bonds is 2. The summed E-state index contributed by atoms with van der Waals surface area (Å²) in [5.41, 5.74) is 0. The van der Waals surface area contributed by atoms with Crippen molar-refractivity contribution in [2.24, 2.45) is 0 Å². The zero-order valence-electron chi connectivity index (χ0n) is 6.69. The Hall–Kier alpha value is -0.430. The van der Waals surface area contributed by atoms with Crippen LogP contribution in [-0.2, 0) is 0 Å². The summed E-state index contributed by atoms with van der Waals surface area (Å²) < 4.78 is 7.53. The molecule has 0 radical (unpaired) electrons. The van der Waals surface area contributed by atoms with Crippen LogP contribution in [0.4, 0.5) is 0 Å². The Kier molecular flexibility index (Phi) is 2.37. The number of nitrogens with one attached hydrogen (secondary N) is 1. The lowest BCUT2D eigenvalue weighted by Crippen LogP contribution is -1.93. The van der Waals surface area contributed by atoms with E-state index in [9.17, 15) is 0 Å². The quantitative estimate of drug-likeness (QED) is 0.622. The number of aromatic nitrogens is 2. The highest BCUT2D eigenvalue weighted by molar-refractivity contribution is 8.15. The van der Waals surface area contributed by atoms with Crippen molar-refractivity contribution in [1.82, 2.24) is 13.3 Å². The van der Waals surface area contributed by atoms with Gasteiger partial charge in [-0.1, -0.05) is 13.2 Å². The van der Waals surface area contributed by atoms with E-state index in [0.717, 1.165) is 10.1 Å². The zero-order valence-corrected chi connectivity index (χ0v) is 9.14. The molecule has 0 fully saturated rings. The average molecular weight is 229 g/mol. The molecule has 0 saturated heterocycles. The van der Waals surface area contributed by atoms with Gasteiger partial charge >= 0.3 is 0 Å². The van der Waals surface area contributed by atoms with Crippen LogP contribution in [0.2, 0.25) is 0 Å². The summed E-state index contributed by atoms with van der Waals surface area (Å²) in [5.74, 6) is 0. The highest BCUT2D eigenvalue weighted by atomic mass is 32.2. The standard InChI is InChI=1S/C7H7N3S3/c1-3-9-5-6(13-8-12-5)10(4-2)7(9)11/h3-4,8H,1-2H2. The fraction of sp³-hybridized carbons (Fsp3) is 0. The van der Waals surface area contributed by atoms with Crippen LogP contribution in [0.5, 0.6) is 0 Å². The average Bonchev–Trinajstić information content (AvgIpc) is 2.64. The van der Waals surface area contributed by atoms with E-state index >= 15 is 0 Å². The van der Waals surface area contributed by atoms with Crippen LogP contribution in [0.15, 0.2) is 23.2 Å². The molecular formula is C7H7N3S3. The van der Waals surface area contributed by atoms with E-state index in [1.165, 1.54) is 23.9 Å². The fourth-order valence-corrected chi connectivity index (χ4v) is 3.49. The second-order valence-electron chi connectivity index (χ2n) is 2.29. The Morgan fingerprint density at radius 1 is 1.15 bits per heavy atom. The van der Waals surface area contributed by atoms with Gasteiger partial charge in [-0.25, -0.2) is 0 Å². The Morgan fingerprint density at radius 3 is 2.00 bits per heavy atom. The summed E-state index contributed by atoms with van der Waals surface area (Å²) in [5, 5.41) is 2.15. The minimum absolute atomic E-state index is 0.705. The Balaban J connectivity index is 2.79. The molecule has 0 spiro atoms. The van der Waals surface area contributed by atoms with E-state index in [-0.39, 0.29) is 0 Å². The molecule has 0 saturated carbocycles. The third kappa shape index (κ3) is 1.21. The summed E-state index contributed by atoms with van der Waals surface area (Å²) >= 11 is 8.31. The summed E-state index contributed by atoms with van der Waals surface area (Å²) in [6.07, 6.45) is 3.42. The second kappa shape index (κ2) is 3.38. The van der Waals surface area contributed by atoms with Crippen LogP contribution in [0.25, 0.3) is 12.4 Å². The van der Waals surface area contributed by atoms with Crippen molar-refractivity contribution in [3.05, 3.63) is 17.9 Å². The Labute approximate surface area is 89.8 Å². The smallest absolute Gasteiger partial charge is 0.190 e. The van der Waals surface area contributed by atoms with Gasteiger partial charge in [-0.2, -0.15) is 4.13 Å². The molecular weight excluding hydrogens is 222 g/mol. The first-order chi connectivity index (χ1) is 6.29. The van der Waals surface area contributed by atoms with Gasteiger partial charge in [0.25, 0.3) is 0 Å². The van der Waals surface area contributed by atoms with E-state index in [0.29, 0.717) is 4.77 Å². The summed E-state index contributed by atoms with van der Waals surface area (Å²) in [6.45, 7) is 7.43. The van der Waals surface area contributed by atoms with Gasteiger partial charge in [-0.05, 0) is 36.1 Å². The van der Waals surface area contributed by atoms with Crippen molar-refractivity contribution in [2.45, 2.75) is 10.1 Å². The van der Waals surface area contributed by atoms with Gasteiger partial charge in [-0.15, -0.1) is 0 Å². The highest BCUT2D eigenvalue weighted by Gasteiger charge is 2.21. The van der Waals surface area contributed by atoms with E-state index in [1.54, 1.807) is 12.4 Å². The zero-order chi connectivity index (χ0) is 9.42.